The first-order valence-electron chi connectivity index (χ1n) is 5.23. The Hall–Kier alpha value is -1.62. The molecule has 1 aromatic carbocycles. The lowest BCUT2D eigenvalue weighted by atomic mass is 10.1. The molecule has 0 aliphatic carbocycles. The summed E-state index contributed by atoms with van der Waals surface area (Å²) in [5.41, 5.74) is 0.477. The van der Waals surface area contributed by atoms with Crippen LogP contribution in [0, 0.1) is 10.1 Å². The van der Waals surface area contributed by atoms with Crippen LogP contribution < -0.4 is 4.90 Å². The monoisotopic (exact) mass is 256 g/mol. The van der Waals surface area contributed by atoms with E-state index >= 15 is 0 Å². The van der Waals surface area contributed by atoms with Gasteiger partial charge in [0.1, 0.15) is 5.69 Å². The number of hydrogen-bond acceptors (Lipinski definition) is 4. The zero-order valence-electron chi connectivity index (χ0n) is 9.64. The molecule has 17 heavy (non-hydrogen) atoms. The predicted octanol–water partition coefficient (Wildman–Crippen LogP) is 2.91. The summed E-state index contributed by atoms with van der Waals surface area (Å²) in [6.45, 7) is 5.06. The van der Waals surface area contributed by atoms with E-state index in [0.717, 1.165) is 0 Å². The molecule has 0 aliphatic rings. The molecule has 0 aromatic heterocycles. The van der Waals surface area contributed by atoms with E-state index in [1.165, 1.54) is 12.1 Å². The van der Waals surface area contributed by atoms with Crippen molar-refractivity contribution < 1.29 is 9.72 Å². The number of nitro benzene ring substituents is 1. The first-order valence-corrected chi connectivity index (χ1v) is 5.61. The lowest BCUT2D eigenvalue weighted by molar-refractivity contribution is -0.384. The summed E-state index contributed by atoms with van der Waals surface area (Å²) in [5.74, 6) is 0. The van der Waals surface area contributed by atoms with Gasteiger partial charge in [-0.05, 0) is 19.9 Å². The van der Waals surface area contributed by atoms with Gasteiger partial charge < -0.3 is 4.90 Å². The second-order valence-corrected chi connectivity index (χ2v) is 3.82. The van der Waals surface area contributed by atoms with Crippen LogP contribution in [0.2, 0.25) is 5.02 Å². The van der Waals surface area contributed by atoms with E-state index in [2.05, 4.69) is 0 Å². The largest absolute Gasteiger partial charge is 0.367 e. The van der Waals surface area contributed by atoms with E-state index in [0.29, 0.717) is 25.1 Å². The van der Waals surface area contributed by atoms with Gasteiger partial charge in [-0.25, -0.2) is 0 Å². The maximum Gasteiger partial charge on any atom is 0.293 e. The predicted molar refractivity (Wildman–Crippen MR) is 67.1 cm³/mol. The highest BCUT2D eigenvalue weighted by Gasteiger charge is 2.20. The number of aldehydes is 1. The molecule has 0 saturated heterocycles. The fourth-order valence-electron chi connectivity index (χ4n) is 1.62. The van der Waals surface area contributed by atoms with Crippen LogP contribution in [0.5, 0.6) is 0 Å². The number of carbonyl (C=O) groups excluding carboxylic acids is 1. The van der Waals surface area contributed by atoms with Gasteiger partial charge in [0, 0.05) is 24.7 Å². The minimum atomic E-state index is -0.503. The van der Waals surface area contributed by atoms with Crippen molar-refractivity contribution in [2.24, 2.45) is 0 Å². The molecular formula is C11H13ClN2O3. The molecule has 0 atom stereocenters. The summed E-state index contributed by atoms with van der Waals surface area (Å²) >= 11 is 5.88. The third-order valence-corrected chi connectivity index (χ3v) is 2.85. The van der Waals surface area contributed by atoms with Crippen molar-refractivity contribution in [3.05, 3.63) is 32.8 Å². The Morgan fingerprint density at radius 3 is 2.41 bits per heavy atom. The van der Waals surface area contributed by atoms with Gasteiger partial charge in [0.05, 0.1) is 9.95 Å². The average Bonchev–Trinajstić information content (AvgIpc) is 2.30. The number of nitrogens with zero attached hydrogens (tertiary/aromatic N) is 2. The van der Waals surface area contributed by atoms with Gasteiger partial charge in [0.2, 0.25) is 0 Å². The molecule has 5 nitrogen and oxygen atoms in total. The van der Waals surface area contributed by atoms with Crippen LogP contribution in [0.4, 0.5) is 11.4 Å². The van der Waals surface area contributed by atoms with Crippen LogP contribution in [0.1, 0.15) is 24.2 Å². The highest BCUT2D eigenvalue weighted by Crippen LogP contribution is 2.33. The molecule has 92 valence electrons. The van der Waals surface area contributed by atoms with Crippen LogP contribution in [0.3, 0.4) is 0 Å². The molecule has 1 aromatic rings. The van der Waals surface area contributed by atoms with Crippen LogP contribution in [-0.2, 0) is 0 Å². The lowest BCUT2D eigenvalue weighted by Gasteiger charge is -2.21. The summed E-state index contributed by atoms with van der Waals surface area (Å²) in [7, 11) is 0. The highest BCUT2D eigenvalue weighted by molar-refractivity contribution is 6.33. The molecule has 1 rings (SSSR count). The van der Waals surface area contributed by atoms with Crippen molar-refractivity contribution >= 4 is 29.3 Å². The molecule has 0 heterocycles. The summed E-state index contributed by atoms with van der Waals surface area (Å²) in [6.07, 6.45) is 0.515. The zero-order valence-corrected chi connectivity index (χ0v) is 10.4. The number of carbonyl (C=O) groups is 1. The summed E-state index contributed by atoms with van der Waals surface area (Å²) < 4.78 is 0. The molecule has 0 unspecified atom stereocenters. The standard InChI is InChI=1S/C11H13ClN2O3/c1-3-13(4-2)10-6-9(12)8(7-15)5-11(10)14(16)17/h5-7H,3-4H2,1-2H3. The third kappa shape index (κ3) is 2.74. The smallest absolute Gasteiger partial charge is 0.293 e. The highest BCUT2D eigenvalue weighted by atomic mass is 35.5. The summed E-state index contributed by atoms with van der Waals surface area (Å²) in [6, 6.07) is 2.68. The number of nitro groups is 1. The van der Waals surface area contributed by atoms with E-state index in [9.17, 15) is 14.9 Å². The Balaban J connectivity index is 3.41. The van der Waals surface area contributed by atoms with E-state index < -0.39 is 4.92 Å². The molecule has 6 heteroatoms. The van der Waals surface area contributed by atoms with Crippen molar-refractivity contribution in [1.82, 2.24) is 0 Å². The zero-order chi connectivity index (χ0) is 13.0. The normalized spacial score (nSPS) is 10.1. The second kappa shape index (κ2) is 5.63. The van der Waals surface area contributed by atoms with Crippen LogP contribution >= 0.6 is 11.6 Å². The van der Waals surface area contributed by atoms with E-state index in [4.69, 9.17) is 11.6 Å². The Morgan fingerprint density at radius 1 is 1.41 bits per heavy atom. The SMILES string of the molecule is CCN(CC)c1cc(Cl)c(C=O)cc1[N+](=O)[O-]. The summed E-state index contributed by atoms with van der Waals surface area (Å²) in [4.78, 5) is 23.0. The van der Waals surface area contributed by atoms with Crippen molar-refractivity contribution in [2.45, 2.75) is 13.8 Å². The maximum atomic E-state index is 11.0. The average molecular weight is 257 g/mol. The van der Waals surface area contributed by atoms with Crippen LogP contribution in [0.25, 0.3) is 0 Å². The molecule has 0 amide bonds. The number of halogens is 1. The molecule has 0 fully saturated rings. The van der Waals surface area contributed by atoms with Gasteiger partial charge in [-0.2, -0.15) is 0 Å². The van der Waals surface area contributed by atoms with Crippen molar-refractivity contribution in [3.63, 3.8) is 0 Å². The number of anilines is 1. The molecule has 0 spiro atoms. The minimum Gasteiger partial charge on any atom is -0.367 e. The Labute approximate surface area is 104 Å². The van der Waals surface area contributed by atoms with Gasteiger partial charge in [0.25, 0.3) is 5.69 Å². The molecule has 0 radical (unpaired) electrons. The van der Waals surface area contributed by atoms with Gasteiger partial charge in [-0.3, -0.25) is 14.9 Å². The summed E-state index contributed by atoms with van der Waals surface area (Å²) in [5, 5.41) is 11.2. The number of rotatable bonds is 5. The first-order chi connectivity index (χ1) is 8.04. The number of benzene rings is 1. The van der Waals surface area contributed by atoms with E-state index in [-0.39, 0.29) is 16.3 Å². The van der Waals surface area contributed by atoms with Gasteiger partial charge in [0.15, 0.2) is 6.29 Å². The minimum absolute atomic E-state index is 0.0970. The molecule has 0 aliphatic heterocycles. The van der Waals surface area contributed by atoms with Crippen molar-refractivity contribution in [2.75, 3.05) is 18.0 Å². The first kappa shape index (κ1) is 13.4. The fourth-order valence-corrected chi connectivity index (χ4v) is 1.82. The Bertz CT molecular complexity index is 445. The van der Waals surface area contributed by atoms with E-state index in [1.807, 2.05) is 18.7 Å². The lowest BCUT2D eigenvalue weighted by Crippen LogP contribution is -2.23. The van der Waals surface area contributed by atoms with Crippen molar-refractivity contribution in [1.29, 1.82) is 0 Å². The van der Waals surface area contributed by atoms with Gasteiger partial charge in [-0.15, -0.1) is 0 Å². The molecule has 0 saturated carbocycles. The van der Waals surface area contributed by atoms with Crippen LogP contribution in [0.15, 0.2) is 12.1 Å². The Morgan fingerprint density at radius 2 is 2.00 bits per heavy atom. The fraction of sp³-hybridized carbons (Fsp3) is 0.364. The van der Waals surface area contributed by atoms with Crippen molar-refractivity contribution in [3.8, 4) is 0 Å². The topological polar surface area (TPSA) is 63.5 Å². The quantitative estimate of drug-likeness (QED) is 0.462. The number of hydrogen-bond donors (Lipinski definition) is 0. The Kier molecular flexibility index (Phi) is 4.45. The van der Waals surface area contributed by atoms with Gasteiger partial charge in [-0.1, -0.05) is 11.6 Å². The molecular weight excluding hydrogens is 244 g/mol. The molecule has 0 N–H and O–H groups in total. The third-order valence-electron chi connectivity index (χ3n) is 2.52. The van der Waals surface area contributed by atoms with E-state index in [1.54, 1.807) is 0 Å². The molecule has 0 bridgehead atoms. The van der Waals surface area contributed by atoms with Crippen LogP contribution in [-0.4, -0.2) is 24.3 Å². The second-order valence-electron chi connectivity index (χ2n) is 3.41. The van der Waals surface area contributed by atoms with Gasteiger partial charge >= 0.3 is 0 Å². The maximum absolute atomic E-state index is 11.0.